The molecule has 1 aromatic heterocycles. The van der Waals surface area contributed by atoms with Crippen molar-refractivity contribution in [2.45, 2.75) is 43.3 Å². The van der Waals surface area contributed by atoms with E-state index >= 15 is 0 Å². The number of methoxy groups -OCH3 is 1. The molecular weight excluding hydrogens is 442 g/mol. The average Bonchev–Trinajstić information content (AvgIpc) is 3.26. The molecule has 0 radical (unpaired) electrons. The fraction of sp³-hybridized carbons (Fsp3) is 0.292. The normalized spacial score (nSPS) is 11.6. The number of thioether (sulfide) groups is 1. The van der Waals surface area contributed by atoms with Gasteiger partial charge in [-0.25, -0.2) is 4.98 Å². The SMILES string of the molecule is CCCC(=O)Nc1cccc(SC(CC)C(=O)Nc2nc(-c3cccc(OC)c3)cs2)c1. The number of hydrogen-bond acceptors (Lipinski definition) is 6. The van der Waals surface area contributed by atoms with E-state index in [1.807, 2.05) is 67.8 Å². The Morgan fingerprint density at radius 2 is 1.94 bits per heavy atom. The van der Waals surface area contributed by atoms with Gasteiger partial charge < -0.3 is 15.4 Å². The summed E-state index contributed by atoms with van der Waals surface area (Å²) in [5.74, 6) is 0.663. The van der Waals surface area contributed by atoms with Gasteiger partial charge in [0.25, 0.3) is 0 Å². The zero-order valence-corrected chi connectivity index (χ0v) is 20.0. The minimum absolute atomic E-state index is 0.00459. The van der Waals surface area contributed by atoms with Crippen LogP contribution in [0.5, 0.6) is 5.75 Å². The van der Waals surface area contributed by atoms with E-state index in [1.165, 1.54) is 23.1 Å². The number of benzene rings is 2. The van der Waals surface area contributed by atoms with Crippen molar-refractivity contribution in [3.8, 4) is 17.0 Å². The molecule has 0 aliphatic heterocycles. The highest BCUT2D eigenvalue weighted by Gasteiger charge is 2.20. The fourth-order valence-corrected chi connectivity index (χ4v) is 4.75. The summed E-state index contributed by atoms with van der Waals surface area (Å²) >= 11 is 2.87. The molecule has 1 atom stereocenters. The lowest BCUT2D eigenvalue weighted by atomic mass is 10.2. The number of anilines is 2. The molecule has 3 rings (SSSR count). The molecular formula is C24H27N3O3S2. The zero-order valence-electron chi connectivity index (χ0n) is 18.4. The van der Waals surface area contributed by atoms with Crippen LogP contribution in [0.25, 0.3) is 11.3 Å². The van der Waals surface area contributed by atoms with E-state index in [9.17, 15) is 9.59 Å². The molecule has 168 valence electrons. The molecule has 1 heterocycles. The van der Waals surface area contributed by atoms with Crippen LogP contribution in [0.1, 0.15) is 33.1 Å². The number of amides is 2. The third-order valence-corrected chi connectivity index (χ3v) is 6.75. The number of ether oxygens (including phenoxy) is 1. The van der Waals surface area contributed by atoms with Crippen LogP contribution < -0.4 is 15.4 Å². The van der Waals surface area contributed by atoms with Crippen molar-refractivity contribution in [2.24, 2.45) is 0 Å². The molecule has 0 aliphatic rings. The molecule has 3 aromatic rings. The summed E-state index contributed by atoms with van der Waals surface area (Å²) in [6.07, 6.45) is 1.95. The number of nitrogens with zero attached hydrogens (tertiary/aromatic N) is 1. The minimum atomic E-state index is -0.277. The Hall–Kier alpha value is -2.84. The van der Waals surface area contributed by atoms with Gasteiger partial charge in [0.2, 0.25) is 11.8 Å². The molecule has 1 unspecified atom stereocenters. The topological polar surface area (TPSA) is 80.3 Å². The summed E-state index contributed by atoms with van der Waals surface area (Å²) in [5.41, 5.74) is 2.47. The van der Waals surface area contributed by atoms with Gasteiger partial charge in [0, 0.05) is 27.9 Å². The van der Waals surface area contributed by atoms with Crippen LogP contribution in [0.3, 0.4) is 0 Å². The monoisotopic (exact) mass is 469 g/mol. The van der Waals surface area contributed by atoms with Gasteiger partial charge >= 0.3 is 0 Å². The first kappa shape index (κ1) is 23.8. The van der Waals surface area contributed by atoms with E-state index in [-0.39, 0.29) is 17.1 Å². The molecule has 2 aromatic carbocycles. The smallest absolute Gasteiger partial charge is 0.239 e. The van der Waals surface area contributed by atoms with Crippen LogP contribution in [-0.4, -0.2) is 29.2 Å². The quantitative estimate of drug-likeness (QED) is 0.352. The third-order valence-electron chi connectivity index (χ3n) is 4.64. The summed E-state index contributed by atoms with van der Waals surface area (Å²) in [6, 6.07) is 15.3. The molecule has 6 nitrogen and oxygen atoms in total. The molecule has 2 N–H and O–H groups in total. The number of nitrogens with one attached hydrogen (secondary N) is 2. The third kappa shape index (κ3) is 6.58. The van der Waals surface area contributed by atoms with Gasteiger partial charge in [0.1, 0.15) is 5.75 Å². The van der Waals surface area contributed by atoms with Gasteiger partial charge in [-0.1, -0.05) is 32.0 Å². The van der Waals surface area contributed by atoms with Crippen LogP contribution >= 0.6 is 23.1 Å². The van der Waals surface area contributed by atoms with Gasteiger partial charge in [-0.05, 0) is 43.2 Å². The Kier molecular flexibility index (Phi) is 8.70. The second-order valence-corrected chi connectivity index (χ2v) is 9.23. The fourth-order valence-electron chi connectivity index (χ4n) is 3.02. The Labute approximate surface area is 196 Å². The second kappa shape index (κ2) is 11.7. The highest BCUT2D eigenvalue weighted by Crippen LogP contribution is 2.31. The molecule has 0 bridgehead atoms. The molecule has 2 amide bonds. The van der Waals surface area contributed by atoms with Crippen molar-refractivity contribution in [3.63, 3.8) is 0 Å². The number of aromatic nitrogens is 1. The Balaban J connectivity index is 1.64. The zero-order chi connectivity index (χ0) is 22.9. The summed E-state index contributed by atoms with van der Waals surface area (Å²) in [5, 5.41) is 8.05. The number of hydrogen-bond donors (Lipinski definition) is 2. The van der Waals surface area contributed by atoms with Gasteiger partial charge in [0.15, 0.2) is 5.13 Å². The first-order chi connectivity index (χ1) is 15.5. The van der Waals surface area contributed by atoms with E-state index in [4.69, 9.17) is 4.74 Å². The van der Waals surface area contributed by atoms with Crippen molar-refractivity contribution >= 4 is 45.7 Å². The lowest BCUT2D eigenvalue weighted by Gasteiger charge is -2.14. The number of carbonyl (C=O) groups excluding carboxylic acids is 2. The molecule has 0 saturated heterocycles. The van der Waals surface area contributed by atoms with Gasteiger partial charge in [0.05, 0.1) is 18.1 Å². The Morgan fingerprint density at radius 3 is 2.69 bits per heavy atom. The number of rotatable bonds is 10. The highest BCUT2D eigenvalue weighted by atomic mass is 32.2. The van der Waals surface area contributed by atoms with E-state index in [2.05, 4.69) is 15.6 Å². The molecule has 0 spiro atoms. The average molecular weight is 470 g/mol. The first-order valence-corrected chi connectivity index (χ1v) is 12.3. The lowest BCUT2D eigenvalue weighted by Crippen LogP contribution is -2.24. The second-order valence-electron chi connectivity index (χ2n) is 7.10. The Morgan fingerprint density at radius 1 is 1.12 bits per heavy atom. The maximum Gasteiger partial charge on any atom is 0.239 e. The summed E-state index contributed by atoms with van der Waals surface area (Å²) in [4.78, 5) is 30.2. The molecule has 0 fully saturated rings. The van der Waals surface area contributed by atoms with Crippen LogP contribution in [0, 0.1) is 0 Å². The molecule has 32 heavy (non-hydrogen) atoms. The lowest BCUT2D eigenvalue weighted by molar-refractivity contribution is -0.116. The largest absolute Gasteiger partial charge is 0.497 e. The molecule has 0 saturated carbocycles. The summed E-state index contributed by atoms with van der Waals surface area (Å²) in [6.45, 7) is 3.95. The van der Waals surface area contributed by atoms with Crippen molar-refractivity contribution in [3.05, 3.63) is 53.9 Å². The highest BCUT2D eigenvalue weighted by molar-refractivity contribution is 8.00. The van der Waals surface area contributed by atoms with Gasteiger partial charge in [-0.3, -0.25) is 9.59 Å². The molecule has 0 aliphatic carbocycles. The summed E-state index contributed by atoms with van der Waals surface area (Å²) < 4.78 is 5.27. The van der Waals surface area contributed by atoms with E-state index in [1.54, 1.807) is 7.11 Å². The maximum atomic E-state index is 12.9. The van der Waals surface area contributed by atoms with Gasteiger partial charge in [-0.15, -0.1) is 23.1 Å². The standard InChI is InChI=1S/C24H27N3O3S2/c1-4-8-22(28)25-17-10-7-12-19(14-17)32-21(5-2)23(29)27-24-26-20(15-31-24)16-9-6-11-18(13-16)30-3/h6-7,9-15,21H,4-5,8H2,1-3H3,(H,25,28)(H,26,27,29). The first-order valence-electron chi connectivity index (χ1n) is 10.5. The van der Waals surface area contributed by atoms with Crippen molar-refractivity contribution in [1.82, 2.24) is 4.98 Å². The van der Waals surface area contributed by atoms with Crippen LogP contribution in [0.15, 0.2) is 58.8 Å². The predicted molar refractivity (Wildman–Crippen MR) is 133 cm³/mol. The maximum absolute atomic E-state index is 12.9. The number of carbonyl (C=O) groups is 2. The van der Waals surface area contributed by atoms with Gasteiger partial charge in [-0.2, -0.15) is 0 Å². The van der Waals surface area contributed by atoms with E-state index in [0.29, 0.717) is 18.0 Å². The van der Waals surface area contributed by atoms with Crippen molar-refractivity contribution in [2.75, 3.05) is 17.7 Å². The minimum Gasteiger partial charge on any atom is -0.497 e. The number of thiazole rings is 1. The predicted octanol–water partition coefficient (Wildman–Crippen LogP) is 6.07. The molecule has 8 heteroatoms. The Bertz CT molecular complexity index is 1070. The van der Waals surface area contributed by atoms with Crippen molar-refractivity contribution in [1.29, 1.82) is 0 Å². The van der Waals surface area contributed by atoms with Crippen LogP contribution in [0.2, 0.25) is 0 Å². The van der Waals surface area contributed by atoms with E-state index in [0.717, 1.165) is 34.0 Å². The van der Waals surface area contributed by atoms with Crippen LogP contribution in [-0.2, 0) is 9.59 Å². The van der Waals surface area contributed by atoms with Crippen molar-refractivity contribution < 1.29 is 14.3 Å². The van der Waals surface area contributed by atoms with E-state index < -0.39 is 0 Å². The summed E-state index contributed by atoms with van der Waals surface area (Å²) in [7, 11) is 1.63. The van der Waals surface area contributed by atoms with Crippen LogP contribution in [0.4, 0.5) is 10.8 Å².